The number of aromatic nitrogens is 2. The number of hydrogen-bond acceptors (Lipinski definition) is 6. The molecular formula is C21H26F3N3O3S. The van der Waals surface area contributed by atoms with E-state index >= 15 is 0 Å². The first-order valence-electron chi connectivity index (χ1n) is 10.2. The topological polar surface area (TPSA) is 70.8 Å². The van der Waals surface area contributed by atoms with Crippen molar-refractivity contribution >= 4 is 17.0 Å². The summed E-state index contributed by atoms with van der Waals surface area (Å²) < 4.78 is 48.4. The highest BCUT2D eigenvalue weighted by atomic mass is 32.1. The Kier molecular flexibility index (Phi) is 6.04. The molecule has 170 valence electrons. The lowest BCUT2D eigenvalue weighted by atomic mass is 9.81. The molecule has 4 rings (SSSR count). The van der Waals surface area contributed by atoms with Crippen molar-refractivity contribution in [2.75, 3.05) is 19.8 Å². The third-order valence-electron chi connectivity index (χ3n) is 6.26. The number of halogens is 3. The van der Waals surface area contributed by atoms with Gasteiger partial charge in [0.1, 0.15) is 10.5 Å². The molecule has 1 saturated heterocycles. The molecule has 4 heterocycles. The van der Waals surface area contributed by atoms with Crippen LogP contribution in [0.2, 0.25) is 0 Å². The van der Waals surface area contributed by atoms with Crippen LogP contribution < -0.4 is 0 Å². The number of hydrogen-bond donors (Lipinski definition) is 2. The van der Waals surface area contributed by atoms with Gasteiger partial charge in [-0.15, -0.1) is 11.3 Å². The predicted molar refractivity (Wildman–Crippen MR) is 110 cm³/mol. The number of piperidine rings is 1. The zero-order valence-electron chi connectivity index (χ0n) is 17.3. The van der Waals surface area contributed by atoms with E-state index in [1.54, 1.807) is 10.9 Å². The van der Waals surface area contributed by atoms with Crippen LogP contribution in [0.3, 0.4) is 0 Å². The van der Waals surface area contributed by atoms with Crippen molar-refractivity contribution in [2.24, 2.45) is 0 Å². The van der Waals surface area contributed by atoms with Crippen molar-refractivity contribution in [3.63, 3.8) is 0 Å². The van der Waals surface area contributed by atoms with Gasteiger partial charge in [0.15, 0.2) is 0 Å². The third kappa shape index (κ3) is 4.07. The van der Waals surface area contributed by atoms with Gasteiger partial charge in [-0.2, -0.15) is 18.3 Å². The second-order valence-electron chi connectivity index (χ2n) is 8.26. The zero-order chi connectivity index (χ0) is 22.4. The summed E-state index contributed by atoms with van der Waals surface area (Å²) >= 11 is 0.740. The minimum Gasteiger partial charge on any atom is -0.392 e. The molecule has 2 aromatic rings. The Hall–Kier alpha value is -1.72. The van der Waals surface area contributed by atoms with Crippen LogP contribution in [0.25, 0.3) is 5.70 Å². The number of fused-ring (bicyclic) bond motifs is 2. The van der Waals surface area contributed by atoms with Crippen LogP contribution in [0.1, 0.15) is 46.2 Å². The molecule has 0 aliphatic carbocycles. The van der Waals surface area contributed by atoms with Crippen molar-refractivity contribution in [3.05, 3.63) is 45.4 Å². The van der Waals surface area contributed by atoms with E-state index in [1.165, 1.54) is 0 Å². The zero-order valence-corrected chi connectivity index (χ0v) is 18.1. The quantitative estimate of drug-likeness (QED) is 0.721. The molecule has 0 radical (unpaired) electrons. The lowest BCUT2D eigenvalue weighted by Crippen LogP contribution is -2.50. The van der Waals surface area contributed by atoms with Crippen LogP contribution in [0.5, 0.6) is 0 Å². The summed E-state index contributed by atoms with van der Waals surface area (Å²) in [5.41, 5.74) is 1.35. The third-order valence-corrected chi connectivity index (χ3v) is 7.76. The number of nitrogens with zero attached hydrogens (tertiary/aromatic N) is 3. The normalized spacial score (nSPS) is 24.5. The summed E-state index contributed by atoms with van der Waals surface area (Å²) in [6.45, 7) is 6.69. The molecule has 1 fully saturated rings. The van der Waals surface area contributed by atoms with E-state index in [9.17, 15) is 23.4 Å². The number of rotatable bonds is 5. The monoisotopic (exact) mass is 457 g/mol. The SMILES string of the molecule is C=C(CO)n1cc(CN2CC[C@]3(C[C@@H]2C)OCCc2c3sc(C(F)(F)F)c2CO)cn1. The maximum atomic E-state index is 13.6. The summed E-state index contributed by atoms with van der Waals surface area (Å²) in [5, 5.41) is 23.1. The molecule has 2 N–H and O–H groups in total. The lowest BCUT2D eigenvalue weighted by Gasteiger charge is -2.47. The summed E-state index contributed by atoms with van der Waals surface area (Å²) in [7, 11) is 0. The first kappa shape index (κ1) is 22.5. The van der Waals surface area contributed by atoms with Gasteiger partial charge in [0.2, 0.25) is 0 Å². The molecule has 10 heteroatoms. The Bertz CT molecular complexity index is 971. The van der Waals surface area contributed by atoms with Gasteiger partial charge in [-0.25, -0.2) is 4.68 Å². The van der Waals surface area contributed by atoms with Crippen molar-refractivity contribution < 1.29 is 28.1 Å². The molecule has 2 aromatic heterocycles. The minimum absolute atomic E-state index is 0.0155. The Morgan fingerprint density at radius 2 is 2.19 bits per heavy atom. The van der Waals surface area contributed by atoms with Gasteiger partial charge in [-0.3, -0.25) is 4.90 Å². The lowest BCUT2D eigenvalue weighted by molar-refractivity contribution is -0.135. The van der Waals surface area contributed by atoms with E-state index in [2.05, 4.69) is 23.5 Å². The molecule has 31 heavy (non-hydrogen) atoms. The standard InChI is InChI=1S/C21H26F3N3O3S/c1-13-7-20(4-5-26(13)9-15-8-25-27(10-15)14(2)11-28)18-16(3-6-30-20)17(12-29)19(31-18)21(22,23)24/h8,10,13,28-29H,2-7,9,11-12H2,1H3/t13-,20+/m0/s1. The van der Waals surface area contributed by atoms with Crippen LogP contribution >= 0.6 is 11.3 Å². The van der Waals surface area contributed by atoms with E-state index < -0.39 is 23.3 Å². The average Bonchev–Trinajstić information content (AvgIpc) is 3.35. The maximum Gasteiger partial charge on any atom is 0.425 e. The van der Waals surface area contributed by atoms with E-state index in [0.717, 1.165) is 16.9 Å². The van der Waals surface area contributed by atoms with Crippen LogP contribution in [0.15, 0.2) is 19.0 Å². The summed E-state index contributed by atoms with van der Waals surface area (Å²) in [4.78, 5) is 2.20. The maximum absolute atomic E-state index is 13.6. The van der Waals surface area contributed by atoms with Crippen LogP contribution in [-0.2, 0) is 36.1 Å². The van der Waals surface area contributed by atoms with Gasteiger partial charge in [-0.1, -0.05) is 6.58 Å². The van der Waals surface area contributed by atoms with Crippen LogP contribution in [-0.4, -0.2) is 50.7 Å². The van der Waals surface area contributed by atoms with E-state index in [1.807, 2.05) is 6.20 Å². The number of aliphatic hydroxyl groups is 2. The highest BCUT2D eigenvalue weighted by Crippen LogP contribution is 2.51. The fourth-order valence-corrected chi connectivity index (χ4v) is 6.10. The number of aliphatic hydroxyl groups excluding tert-OH is 2. The van der Waals surface area contributed by atoms with Gasteiger partial charge in [0.05, 0.1) is 31.7 Å². The number of alkyl halides is 3. The minimum atomic E-state index is -4.48. The smallest absolute Gasteiger partial charge is 0.392 e. The first-order chi connectivity index (χ1) is 14.7. The summed E-state index contributed by atoms with van der Waals surface area (Å²) in [6.07, 6.45) is 0.644. The molecule has 0 amide bonds. The largest absolute Gasteiger partial charge is 0.425 e. The van der Waals surface area contributed by atoms with E-state index in [-0.39, 0.29) is 18.2 Å². The van der Waals surface area contributed by atoms with E-state index in [0.29, 0.717) is 55.1 Å². The van der Waals surface area contributed by atoms with Gasteiger partial charge >= 0.3 is 6.18 Å². The van der Waals surface area contributed by atoms with Crippen LogP contribution in [0.4, 0.5) is 13.2 Å². The fourth-order valence-electron chi connectivity index (χ4n) is 4.69. The molecule has 0 saturated carbocycles. The summed E-state index contributed by atoms with van der Waals surface area (Å²) in [6, 6.07) is 0.0816. The second kappa shape index (κ2) is 8.32. The molecular weight excluding hydrogens is 431 g/mol. The van der Waals surface area contributed by atoms with Gasteiger partial charge < -0.3 is 14.9 Å². The van der Waals surface area contributed by atoms with Crippen molar-refractivity contribution in [2.45, 2.75) is 57.2 Å². The second-order valence-corrected chi connectivity index (χ2v) is 9.28. The van der Waals surface area contributed by atoms with Crippen molar-refractivity contribution in [1.82, 2.24) is 14.7 Å². The number of likely N-dealkylation sites (tertiary alicyclic amines) is 1. The van der Waals surface area contributed by atoms with E-state index in [4.69, 9.17) is 4.74 Å². The Morgan fingerprint density at radius 3 is 2.84 bits per heavy atom. The number of ether oxygens (including phenoxy) is 1. The molecule has 0 aromatic carbocycles. The molecule has 2 aliphatic heterocycles. The van der Waals surface area contributed by atoms with Crippen molar-refractivity contribution in [1.29, 1.82) is 0 Å². The Labute approximate surface area is 182 Å². The molecule has 2 aliphatic rings. The molecule has 0 bridgehead atoms. The predicted octanol–water partition coefficient (Wildman–Crippen LogP) is 3.37. The average molecular weight is 458 g/mol. The number of thiophene rings is 1. The van der Waals surface area contributed by atoms with Gasteiger partial charge in [0.25, 0.3) is 0 Å². The van der Waals surface area contributed by atoms with Crippen LogP contribution in [0, 0.1) is 0 Å². The molecule has 1 spiro atoms. The molecule has 0 unspecified atom stereocenters. The highest BCUT2D eigenvalue weighted by molar-refractivity contribution is 7.12. The Morgan fingerprint density at radius 1 is 1.42 bits per heavy atom. The fraction of sp³-hybridized carbons (Fsp3) is 0.571. The highest BCUT2D eigenvalue weighted by Gasteiger charge is 2.48. The van der Waals surface area contributed by atoms with Gasteiger partial charge in [-0.05, 0) is 31.7 Å². The van der Waals surface area contributed by atoms with Gasteiger partial charge in [0, 0.05) is 41.3 Å². The molecule has 6 nitrogen and oxygen atoms in total. The molecule has 2 atom stereocenters. The first-order valence-corrected chi connectivity index (χ1v) is 11.0. The summed E-state index contributed by atoms with van der Waals surface area (Å²) in [5.74, 6) is 0. The Balaban J connectivity index is 1.56. The van der Waals surface area contributed by atoms with Crippen molar-refractivity contribution in [3.8, 4) is 0 Å².